The monoisotopic (exact) mass is 517 g/mol. The van der Waals surface area contributed by atoms with Crippen molar-refractivity contribution in [2.24, 2.45) is 5.92 Å². The maximum atomic E-state index is 12.8. The Hall–Kier alpha value is -2.95. The Kier molecular flexibility index (Phi) is 7.64. The Morgan fingerprint density at radius 2 is 1.89 bits per heavy atom. The Morgan fingerprint density at radius 1 is 1.22 bits per heavy atom. The largest absolute Gasteiger partial charge is 0.493 e. The van der Waals surface area contributed by atoms with Crippen molar-refractivity contribution >= 4 is 17.7 Å². The van der Waals surface area contributed by atoms with Gasteiger partial charge in [0.2, 0.25) is 0 Å². The van der Waals surface area contributed by atoms with Crippen LogP contribution in [0.25, 0.3) is 6.08 Å². The normalized spacial score (nSPS) is 32.2. The van der Waals surface area contributed by atoms with E-state index in [0.717, 1.165) is 12.8 Å². The van der Waals surface area contributed by atoms with Gasteiger partial charge in [0.1, 0.15) is 23.4 Å². The molecule has 4 rings (SSSR count). The van der Waals surface area contributed by atoms with E-state index in [1.807, 2.05) is 0 Å². The number of hydrogen-bond acceptors (Lipinski definition) is 9. The van der Waals surface area contributed by atoms with Crippen LogP contribution in [-0.2, 0) is 23.7 Å². The van der Waals surface area contributed by atoms with Crippen LogP contribution in [0.15, 0.2) is 29.9 Å². The van der Waals surface area contributed by atoms with Crippen LogP contribution in [0, 0.1) is 16.0 Å². The number of nitrogens with zero attached hydrogens (tertiary/aromatic N) is 1. The molecule has 0 unspecified atom stereocenters. The molecule has 1 aromatic carbocycles. The number of allylic oxidation sites excluding steroid dienone is 1. The highest BCUT2D eigenvalue weighted by atomic mass is 16.6. The maximum absolute atomic E-state index is 12.8. The summed E-state index contributed by atoms with van der Waals surface area (Å²) >= 11 is 0. The molecule has 0 amide bonds. The van der Waals surface area contributed by atoms with Crippen molar-refractivity contribution in [3.05, 3.63) is 45.5 Å². The quantitative estimate of drug-likeness (QED) is 0.112. The van der Waals surface area contributed by atoms with Crippen LogP contribution in [0.2, 0.25) is 0 Å². The second-order valence-electron chi connectivity index (χ2n) is 10.2. The number of benzene rings is 1. The van der Waals surface area contributed by atoms with Crippen molar-refractivity contribution in [2.45, 2.75) is 69.5 Å². The van der Waals surface area contributed by atoms with Gasteiger partial charge in [-0.3, -0.25) is 10.1 Å². The molecular formula is C27H35NO9. The third-order valence-corrected chi connectivity index (χ3v) is 7.63. The van der Waals surface area contributed by atoms with Gasteiger partial charge in [0.15, 0.2) is 11.5 Å². The molecule has 6 atom stereocenters. The maximum Gasteiger partial charge on any atom is 0.331 e. The molecule has 1 aliphatic carbocycles. The summed E-state index contributed by atoms with van der Waals surface area (Å²) in [6, 6.07) is 2.70. The highest BCUT2D eigenvalue weighted by molar-refractivity contribution is 5.88. The molecule has 10 nitrogen and oxygen atoms in total. The van der Waals surface area contributed by atoms with Crippen LogP contribution in [0.1, 0.15) is 45.6 Å². The van der Waals surface area contributed by atoms with Crippen molar-refractivity contribution in [3.63, 3.8) is 0 Å². The van der Waals surface area contributed by atoms with E-state index >= 15 is 0 Å². The molecule has 3 aliphatic rings. The van der Waals surface area contributed by atoms with E-state index in [1.165, 1.54) is 44.1 Å². The van der Waals surface area contributed by atoms with E-state index in [9.17, 15) is 14.9 Å². The Bertz CT molecular complexity index is 1110. The summed E-state index contributed by atoms with van der Waals surface area (Å²) in [5, 5.41) is 11.6. The fourth-order valence-corrected chi connectivity index (χ4v) is 5.59. The number of nitro groups is 1. The first-order valence-corrected chi connectivity index (χ1v) is 12.4. The molecule has 2 aliphatic heterocycles. The number of carbonyl (C=O) groups is 1. The first kappa shape index (κ1) is 27.1. The van der Waals surface area contributed by atoms with Crippen LogP contribution in [0.5, 0.6) is 11.5 Å². The Labute approximate surface area is 216 Å². The summed E-state index contributed by atoms with van der Waals surface area (Å²) in [4.78, 5) is 23.9. The minimum atomic E-state index is -0.620. The third-order valence-electron chi connectivity index (χ3n) is 7.63. The van der Waals surface area contributed by atoms with Gasteiger partial charge in [-0.15, -0.1) is 0 Å². The van der Waals surface area contributed by atoms with Crippen molar-refractivity contribution in [1.82, 2.24) is 0 Å². The average molecular weight is 518 g/mol. The van der Waals surface area contributed by atoms with Crippen LogP contribution >= 0.6 is 0 Å². The molecule has 1 aromatic rings. The van der Waals surface area contributed by atoms with Crippen molar-refractivity contribution in [2.75, 3.05) is 27.9 Å². The molecule has 0 radical (unpaired) electrons. The first-order valence-electron chi connectivity index (χ1n) is 12.4. The standard InChI is InChI=1S/C27H35NO9/c1-16(2)7-9-22-26(3,37-22)25-24(34-6)19(11-12-27(25)15-35-27)36-23(29)10-8-17-13-20(32-4)21(33-5)14-18(17)28(30)31/h7-8,10,13-14,19,22,24-25H,9,11-12,15H2,1-6H3/b10-8+/t19-,22+,24-,25-,26-,27+/m1/s1. The van der Waals surface area contributed by atoms with E-state index in [-0.39, 0.29) is 34.6 Å². The number of carbonyl (C=O) groups excluding carboxylic acids is 1. The van der Waals surface area contributed by atoms with E-state index in [0.29, 0.717) is 18.8 Å². The minimum absolute atomic E-state index is 0.0473. The van der Waals surface area contributed by atoms with Gasteiger partial charge in [0.05, 0.1) is 49.4 Å². The molecule has 1 spiro atoms. The lowest BCUT2D eigenvalue weighted by Crippen LogP contribution is -2.55. The zero-order valence-electron chi connectivity index (χ0n) is 22.1. The van der Waals surface area contributed by atoms with Crippen LogP contribution in [0.3, 0.4) is 0 Å². The lowest BCUT2D eigenvalue weighted by Gasteiger charge is -2.42. The van der Waals surface area contributed by atoms with Crippen LogP contribution in [0.4, 0.5) is 5.69 Å². The molecule has 2 saturated heterocycles. The lowest BCUT2D eigenvalue weighted by molar-refractivity contribution is -0.385. The lowest BCUT2D eigenvalue weighted by atomic mass is 9.68. The van der Waals surface area contributed by atoms with Gasteiger partial charge < -0.3 is 28.4 Å². The van der Waals surface area contributed by atoms with E-state index in [2.05, 4.69) is 26.8 Å². The molecule has 0 bridgehead atoms. The highest BCUT2D eigenvalue weighted by Gasteiger charge is 2.72. The second kappa shape index (κ2) is 10.4. The molecule has 0 N–H and O–H groups in total. The minimum Gasteiger partial charge on any atom is -0.493 e. The summed E-state index contributed by atoms with van der Waals surface area (Å²) in [7, 11) is 4.44. The van der Waals surface area contributed by atoms with Crippen LogP contribution < -0.4 is 9.47 Å². The van der Waals surface area contributed by atoms with Crippen LogP contribution in [-0.4, -0.2) is 68.3 Å². The Balaban J connectivity index is 1.50. The molecule has 37 heavy (non-hydrogen) atoms. The topological polar surface area (TPSA) is 122 Å². The van der Waals surface area contributed by atoms with Gasteiger partial charge >= 0.3 is 5.97 Å². The number of esters is 1. The number of rotatable bonds is 10. The van der Waals surface area contributed by atoms with Gasteiger partial charge in [-0.1, -0.05) is 11.6 Å². The summed E-state index contributed by atoms with van der Waals surface area (Å²) < 4.78 is 34.3. The molecule has 202 valence electrons. The molecule has 10 heteroatoms. The van der Waals surface area contributed by atoms with E-state index in [4.69, 9.17) is 28.4 Å². The molecular weight excluding hydrogens is 482 g/mol. The fraction of sp³-hybridized carbons (Fsp3) is 0.593. The SMILES string of the molecule is COc1cc(/C=C/C(=O)O[C@@H]2CC[C@]3(CO3)[C@@H]([C@]3(C)O[C@H]3CC=C(C)C)[C@@H]2OC)c([N+](=O)[O-])cc1OC. The van der Waals surface area contributed by atoms with E-state index < -0.39 is 28.7 Å². The summed E-state index contributed by atoms with van der Waals surface area (Å²) in [5.41, 5.74) is 0.438. The van der Waals surface area contributed by atoms with Crippen molar-refractivity contribution < 1.29 is 38.1 Å². The average Bonchev–Trinajstić information content (AvgIpc) is 3.78. The van der Waals surface area contributed by atoms with Gasteiger partial charge in [-0.05, 0) is 52.2 Å². The third kappa shape index (κ3) is 5.37. The number of nitro benzene ring substituents is 1. The fourth-order valence-electron chi connectivity index (χ4n) is 5.59. The van der Waals surface area contributed by atoms with Gasteiger partial charge in [0, 0.05) is 13.2 Å². The van der Waals surface area contributed by atoms with E-state index in [1.54, 1.807) is 7.11 Å². The summed E-state index contributed by atoms with van der Waals surface area (Å²) in [6.07, 6.45) is 5.94. The molecule has 3 fully saturated rings. The second-order valence-corrected chi connectivity index (χ2v) is 10.2. The summed E-state index contributed by atoms with van der Waals surface area (Å²) in [5.74, 6) is -0.181. The van der Waals surface area contributed by atoms with Gasteiger partial charge in [-0.25, -0.2) is 4.79 Å². The number of ether oxygens (including phenoxy) is 6. The number of epoxide rings is 2. The van der Waals surface area contributed by atoms with Crippen molar-refractivity contribution in [1.29, 1.82) is 0 Å². The smallest absolute Gasteiger partial charge is 0.331 e. The Morgan fingerprint density at radius 3 is 2.46 bits per heavy atom. The molecule has 1 saturated carbocycles. The summed E-state index contributed by atoms with van der Waals surface area (Å²) in [6.45, 7) is 6.83. The van der Waals surface area contributed by atoms with Gasteiger partial charge in [0.25, 0.3) is 5.69 Å². The van der Waals surface area contributed by atoms with Gasteiger partial charge in [-0.2, -0.15) is 0 Å². The molecule has 2 heterocycles. The highest BCUT2D eigenvalue weighted by Crippen LogP contribution is 2.59. The predicted molar refractivity (Wildman–Crippen MR) is 135 cm³/mol. The zero-order valence-corrected chi connectivity index (χ0v) is 22.1. The number of hydrogen-bond donors (Lipinski definition) is 0. The molecule has 0 aromatic heterocycles. The van der Waals surface area contributed by atoms with Crippen molar-refractivity contribution in [3.8, 4) is 11.5 Å². The number of methoxy groups -OCH3 is 3. The zero-order chi connectivity index (χ0) is 27.0. The predicted octanol–water partition coefficient (Wildman–Crippen LogP) is 4.24. The first-order chi connectivity index (χ1) is 17.6.